The monoisotopic (exact) mass is 212 g/mol. The lowest BCUT2D eigenvalue weighted by molar-refractivity contribution is -0.139. The van der Waals surface area contributed by atoms with Crippen molar-refractivity contribution in [3.63, 3.8) is 0 Å². The Morgan fingerprint density at radius 3 is 2.86 bits per heavy atom. The summed E-state index contributed by atoms with van der Waals surface area (Å²) in [4.78, 5) is 25.7. The summed E-state index contributed by atoms with van der Waals surface area (Å²) < 4.78 is 0. The van der Waals surface area contributed by atoms with Gasteiger partial charge in [0.1, 0.15) is 0 Å². The molecule has 0 bridgehead atoms. The zero-order chi connectivity index (χ0) is 10.1. The van der Waals surface area contributed by atoms with Crippen molar-refractivity contribution in [2.45, 2.75) is 6.42 Å². The molecule has 0 unspecified atom stereocenters. The Kier molecular flexibility index (Phi) is 2.20. The summed E-state index contributed by atoms with van der Waals surface area (Å²) in [7, 11) is 0. The Bertz CT molecular complexity index is 363. The number of anilines is 1. The highest BCUT2D eigenvalue weighted by molar-refractivity contribution is 7.13. The van der Waals surface area contributed by atoms with Crippen LogP contribution in [0.15, 0.2) is 11.6 Å². The number of aromatic nitrogens is 1. The molecule has 0 spiro atoms. The predicted octanol–water partition coefficient (Wildman–Crippen LogP) is 0.802. The predicted molar refractivity (Wildman–Crippen MR) is 50.0 cm³/mol. The highest BCUT2D eigenvalue weighted by Crippen LogP contribution is 2.39. The molecule has 1 fully saturated rings. The van der Waals surface area contributed by atoms with Gasteiger partial charge in [0.25, 0.3) is 0 Å². The topological polar surface area (TPSA) is 79.3 Å². The van der Waals surface area contributed by atoms with E-state index in [0.29, 0.717) is 11.6 Å². The van der Waals surface area contributed by atoms with E-state index >= 15 is 0 Å². The first-order valence-electron chi connectivity index (χ1n) is 4.11. The molecule has 1 aromatic rings. The number of hydrogen-bond donors (Lipinski definition) is 2. The third-order valence-corrected chi connectivity index (χ3v) is 2.80. The standard InChI is InChI=1S/C8H8N2O3S/c11-6(4-3-5(4)7(12)13)10-8-9-1-2-14-8/h1-2,4-5H,3H2,(H,12,13)(H,9,10,11)/t4-,5-/m0/s1. The number of nitrogens with one attached hydrogen (secondary N) is 1. The van der Waals surface area contributed by atoms with Gasteiger partial charge in [-0.3, -0.25) is 9.59 Å². The first kappa shape index (κ1) is 9.14. The van der Waals surface area contributed by atoms with Crippen molar-refractivity contribution >= 4 is 28.3 Å². The van der Waals surface area contributed by atoms with Crippen molar-refractivity contribution in [1.29, 1.82) is 0 Å². The fourth-order valence-corrected chi connectivity index (χ4v) is 1.77. The van der Waals surface area contributed by atoms with E-state index in [0.717, 1.165) is 0 Å². The zero-order valence-corrected chi connectivity index (χ0v) is 7.95. The van der Waals surface area contributed by atoms with E-state index in [-0.39, 0.29) is 11.8 Å². The lowest BCUT2D eigenvalue weighted by Crippen LogP contribution is -2.16. The van der Waals surface area contributed by atoms with Crippen molar-refractivity contribution in [3.05, 3.63) is 11.6 Å². The van der Waals surface area contributed by atoms with Crippen LogP contribution in [0.2, 0.25) is 0 Å². The van der Waals surface area contributed by atoms with Crippen LogP contribution in [0.3, 0.4) is 0 Å². The van der Waals surface area contributed by atoms with E-state index in [1.165, 1.54) is 11.3 Å². The van der Waals surface area contributed by atoms with Crippen molar-refractivity contribution in [2.24, 2.45) is 11.8 Å². The van der Waals surface area contributed by atoms with Crippen molar-refractivity contribution in [3.8, 4) is 0 Å². The molecule has 1 heterocycles. The number of carbonyl (C=O) groups is 2. The van der Waals surface area contributed by atoms with E-state index < -0.39 is 11.9 Å². The summed E-state index contributed by atoms with van der Waals surface area (Å²) in [5, 5.41) is 13.4. The average molecular weight is 212 g/mol. The molecule has 2 N–H and O–H groups in total. The van der Waals surface area contributed by atoms with Crippen LogP contribution in [-0.2, 0) is 9.59 Å². The smallest absolute Gasteiger partial charge is 0.307 e. The molecule has 1 aromatic heterocycles. The van der Waals surface area contributed by atoms with E-state index in [1.54, 1.807) is 11.6 Å². The second kappa shape index (κ2) is 3.38. The van der Waals surface area contributed by atoms with Crippen LogP contribution in [-0.4, -0.2) is 22.0 Å². The Hall–Kier alpha value is -1.43. The van der Waals surface area contributed by atoms with Gasteiger partial charge in [-0.15, -0.1) is 11.3 Å². The van der Waals surface area contributed by atoms with Gasteiger partial charge in [0.05, 0.1) is 11.8 Å². The molecular weight excluding hydrogens is 204 g/mol. The summed E-state index contributed by atoms with van der Waals surface area (Å²) in [5.41, 5.74) is 0. The lowest BCUT2D eigenvalue weighted by atomic mass is 10.3. The molecule has 0 aromatic carbocycles. The fourth-order valence-electron chi connectivity index (χ4n) is 1.24. The van der Waals surface area contributed by atoms with Gasteiger partial charge in [-0.25, -0.2) is 4.98 Å². The van der Waals surface area contributed by atoms with Crippen LogP contribution in [0.5, 0.6) is 0 Å². The number of aliphatic carboxylic acids is 1. The number of hydrogen-bond acceptors (Lipinski definition) is 4. The molecule has 1 aliphatic carbocycles. The molecule has 1 amide bonds. The molecule has 1 saturated carbocycles. The number of nitrogens with zero attached hydrogens (tertiary/aromatic N) is 1. The van der Waals surface area contributed by atoms with E-state index in [4.69, 9.17) is 5.11 Å². The molecule has 0 saturated heterocycles. The van der Waals surface area contributed by atoms with Gasteiger partial charge in [-0.2, -0.15) is 0 Å². The Morgan fingerprint density at radius 2 is 2.36 bits per heavy atom. The SMILES string of the molecule is O=C(O)[C@H]1C[C@@H]1C(=O)Nc1nccs1. The second-order valence-electron chi connectivity index (χ2n) is 3.11. The molecule has 6 heteroatoms. The van der Waals surface area contributed by atoms with Crippen LogP contribution in [0.1, 0.15) is 6.42 Å². The molecule has 1 aliphatic rings. The van der Waals surface area contributed by atoms with Gasteiger partial charge in [0, 0.05) is 11.6 Å². The van der Waals surface area contributed by atoms with E-state index in [2.05, 4.69) is 10.3 Å². The lowest BCUT2D eigenvalue weighted by Gasteiger charge is -1.98. The number of carbonyl (C=O) groups excluding carboxylic acids is 1. The Morgan fingerprint density at radius 1 is 1.57 bits per heavy atom. The molecule has 74 valence electrons. The number of carboxylic acid groups (broad SMARTS) is 1. The Balaban J connectivity index is 1.90. The number of amides is 1. The molecular formula is C8H8N2O3S. The number of thiazole rings is 1. The first-order valence-corrected chi connectivity index (χ1v) is 4.99. The molecule has 2 rings (SSSR count). The molecule has 0 aliphatic heterocycles. The third kappa shape index (κ3) is 1.74. The van der Waals surface area contributed by atoms with E-state index in [1.807, 2.05) is 0 Å². The molecule has 2 atom stereocenters. The van der Waals surface area contributed by atoms with Gasteiger partial charge >= 0.3 is 5.97 Å². The summed E-state index contributed by atoms with van der Waals surface area (Å²) in [6, 6.07) is 0. The maximum Gasteiger partial charge on any atom is 0.307 e. The summed E-state index contributed by atoms with van der Waals surface area (Å²) in [5.74, 6) is -2.02. The highest BCUT2D eigenvalue weighted by atomic mass is 32.1. The third-order valence-electron chi connectivity index (χ3n) is 2.11. The summed E-state index contributed by atoms with van der Waals surface area (Å²) >= 11 is 1.32. The molecule has 14 heavy (non-hydrogen) atoms. The Labute approximate surface area is 83.8 Å². The maximum absolute atomic E-state index is 11.4. The number of rotatable bonds is 3. The van der Waals surface area contributed by atoms with Gasteiger partial charge in [0.15, 0.2) is 5.13 Å². The fraction of sp³-hybridized carbons (Fsp3) is 0.375. The van der Waals surface area contributed by atoms with Crippen LogP contribution in [0.4, 0.5) is 5.13 Å². The second-order valence-corrected chi connectivity index (χ2v) is 4.01. The van der Waals surface area contributed by atoms with Crippen molar-refractivity contribution in [2.75, 3.05) is 5.32 Å². The minimum absolute atomic E-state index is 0.243. The first-order chi connectivity index (χ1) is 6.68. The summed E-state index contributed by atoms with van der Waals surface area (Å²) in [6.45, 7) is 0. The normalized spacial score (nSPS) is 24.3. The van der Waals surface area contributed by atoms with Gasteiger partial charge in [-0.1, -0.05) is 0 Å². The van der Waals surface area contributed by atoms with Gasteiger partial charge in [-0.05, 0) is 6.42 Å². The van der Waals surface area contributed by atoms with Crippen molar-refractivity contribution < 1.29 is 14.7 Å². The van der Waals surface area contributed by atoms with Gasteiger partial charge < -0.3 is 10.4 Å². The quantitative estimate of drug-likeness (QED) is 0.776. The zero-order valence-electron chi connectivity index (χ0n) is 7.14. The highest BCUT2D eigenvalue weighted by Gasteiger charge is 2.48. The largest absolute Gasteiger partial charge is 0.481 e. The number of carboxylic acids is 1. The van der Waals surface area contributed by atoms with Gasteiger partial charge in [0.2, 0.25) is 5.91 Å². The van der Waals surface area contributed by atoms with Crippen LogP contribution in [0.25, 0.3) is 0 Å². The van der Waals surface area contributed by atoms with Crippen molar-refractivity contribution in [1.82, 2.24) is 4.98 Å². The average Bonchev–Trinajstić information content (AvgIpc) is 2.80. The van der Waals surface area contributed by atoms with E-state index in [9.17, 15) is 9.59 Å². The van der Waals surface area contributed by atoms with Crippen LogP contribution in [0, 0.1) is 11.8 Å². The molecule has 5 nitrogen and oxygen atoms in total. The maximum atomic E-state index is 11.4. The van der Waals surface area contributed by atoms with Crippen LogP contribution < -0.4 is 5.32 Å². The minimum Gasteiger partial charge on any atom is -0.481 e. The van der Waals surface area contributed by atoms with Crippen LogP contribution >= 0.6 is 11.3 Å². The summed E-state index contributed by atoms with van der Waals surface area (Å²) in [6.07, 6.45) is 2.02. The molecule has 0 radical (unpaired) electrons. The minimum atomic E-state index is -0.899.